The van der Waals surface area contributed by atoms with E-state index >= 15 is 0 Å². The van der Waals surface area contributed by atoms with E-state index in [4.69, 9.17) is 16.3 Å². The first-order valence-electron chi connectivity index (χ1n) is 9.63. The Balaban J connectivity index is 1.61. The van der Waals surface area contributed by atoms with Crippen molar-refractivity contribution in [1.82, 2.24) is 10.2 Å². The van der Waals surface area contributed by atoms with Gasteiger partial charge >= 0.3 is 0 Å². The molecule has 0 radical (unpaired) electrons. The summed E-state index contributed by atoms with van der Waals surface area (Å²) >= 11 is 5.93. The number of halogens is 2. The van der Waals surface area contributed by atoms with Crippen molar-refractivity contribution in [2.45, 2.75) is 38.5 Å². The van der Waals surface area contributed by atoms with Crippen LogP contribution in [0.3, 0.4) is 0 Å². The van der Waals surface area contributed by atoms with Crippen LogP contribution in [0.5, 0.6) is 0 Å². The summed E-state index contributed by atoms with van der Waals surface area (Å²) in [6.07, 6.45) is 2.15. The minimum absolute atomic E-state index is 0.0724. The van der Waals surface area contributed by atoms with Crippen molar-refractivity contribution in [3.63, 3.8) is 0 Å². The fourth-order valence-electron chi connectivity index (χ4n) is 3.48. The highest BCUT2D eigenvalue weighted by Gasteiger charge is 2.22. The maximum Gasteiger partial charge on any atom is 0.234 e. The summed E-state index contributed by atoms with van der Waals surface area (Å²) in [5.74, 6) is -0.341. The molecule has 0 aliphatic carbocycles. The summed E-state index contributed by atoms with van der Waals surface area (Å²) in [6, 6.07) is 13.8. The Labute approximate surface area is 170 Å². The lowest BCUT2D eigenvalue weighted by molar-refractivity contribution is -0.123. The molecule has 2 atom stereocenters. The number of nitrogens with zero attached hydrogens (tertiary/aromatic N) is 1. The molecule has 2 aromatic rings. The van der Waals surface area contributed by atoms with E-state index in [0.29, 0.717) is 18.1 Å². The van der Waals surface area contributed by atoms with Gasteiger partial charge in [-0.05, 0) is 55.2 Å². The van der Waals surface area contributed by atoms with Crippen molar-refractivity contribution in [1.29, 1.82) is 0 Å². The lowest BCUT2D eigenvalue weighted by atomic mass is 10.1. The third-order valence-electron chi connectivity index (χ3n) is 4.90. The highest BCUT2D eigenvalue weighted by molar-refractivity contribution is 6.30. The third kappa shape index (κ3) is 6.30. The zero-order chi connectivity index (χ0) is 19.9. The number of hydrogen-bond donors (Lipinski definition) is 1. The Morgan fingerprint density at radius 3 is 2.79 bits per heavy atom. The van der Waals surface area contributed by atoms with E-state index in [9.17, 15) is 9.18 Å². The smallest absolute Gasteiger partial charge is 0.234 e. The SMILES string of the molecule is CC(NC(=O)CN(Cc1cccc(F)c1)CC1CCCO1)c1ccc(Cl)cc1. The van der Waals surface area contributed by atoms with E-state index in [1.165, 1.54) is 12.1 Å². The Bertz CT molecular complexity index is 778. The predicted octanol–water partition coefficient (Wildman–Crippen LogP) is 4.34. The molecule has 1 saturated heterocycles. The van der Waals surface area contributed by atoms with Crippen LogP contribution in [0, 0.1) is 5.82 Å². The average Bonchev–Trinajstić information content (AvgIpc) is 3.15. The van der Waals surface area contributed by atoms with Crippen molar-refractivity contribution in [3.8, 4) is 0 Å². The van der Waals surface area contributed by atoms with Crippen LogP contribution in [-0.2, 0) is 16.1 Å². The molecule has 0 saturated carbocycles. The topological polar surface area (TPSA) is 41.6 Å². The van der Waals surface area contributed by atoms with E-state index in [-0.39, 0.29) is 30.4 Å². The molecule has 1 N–H and O–H groups in total. The molecule has 1 heterocycles. The van der Waals surface area contributed by atoms with Crippen LogP contribution in [0.4, 0.5) is 4.39 Å². The second-order valence-electron chi connectivity index (χ2n) is 7.28. The fourth-order valence-corrected chi connectivity index (χ4v) is 3.61. The fraction of sp³-hybridized carbons (Fsp3) is 0.409. The van der Waals surface area contributed by atoms with Crippen LogP contribution in [0.15, 0.2) is 48.5 Å². The highest BCUT2D eigenvalue weighted by atomic mass is 35.5. The van der Waals surface area contributed by atoms with Crippen LogP contribution in [-0.4, -0.2) is 36.6 Å². The van der Waals surface area contributed by atoms with Crippen molar-refractivity contribution in [2.24, 2.45) is 0 Å². The molecule has 150 valence electrons. The van der Waals surface area contributed by atoms with Crippen molar-refractivity contribution < 1.29 is 13.9 Å². The van der Waals surface area contributed by atoms with Gasteiger partial charge in [-0.2, -0.15) is 0 Å². The van der Waals surface area contributed by atoms with Crippen LogP contribution < -0.4 is 5.32 Å². The van der Waals surface area contributed by atoms with Crippen LogP contribution in [0.2, 0.25) is 5.02 Å². The lowest BCUT2D eigenvalue weighted by Crippen LogP contribution is -2.41. The first-order valence-corrected chi connectivity index (χ1v) is 10.0. The standard InChI is InChI=1S/C22H26ClFN2O2/c1-16(18-7-9-19(23)10-8-18)25-22(27)15-26(14-21-6-3-11-28-21)13-17-4-2-5-20(24)12-17/h2,4-5,7-10,12,16,21H,3,6,11,13-15H2,1H3,(H,25,27). The maximum atomic E-state index is 13.5. The second-order valence-corrected chi connectivity index (χ2v) is 7.71. The molecule has 2 aromatic carbocycles. The first-order chi connectivity index (χ1) is 13.5. The molecule has 0 spiro atoms. The Morgan fingerprint density at radius 1 is 1.32 bits per heavy atom. The molecular weight excluding hydrogens is 379 g/mol. The van der Waals surface area contributed by atoms with E-state index in [0.717, 1.165) is 30.6 Å². The summed E-state index contributed by atoms with van der Waals surface area (Å²) < 4.78 is 19.3. The van der Waals surface area contributed by atoms with E-state index < -0.39 is 0 Å². The Morgan fingerprint density at radius 2 is 2.11 bits per heavy atom. The third-order valence-corrected chi connectivity index (χ3v) is 5.15. The maximum absolute atomic E-state index is 13.5. The molecule has 0 aromatic heterocycles. The minimum atomic E-state index is -0.268. The Kier molecular flexibility index (Phi) is 7.43. The van der Waals surface area contributed by atoms with Crippen molar-refractivity contribution in [2.75, 3.05) is 19.7 Å². The molecule has 1 aliphatic rings. The van der Waals surface area contributed by atoms with E-state index in [1.54, 1.807) is 6.07 Å². The number of carbonyl (C=O) groups is 1. The molecule has 1 amide bonds. The number of carbonyl (C=O) groups excluding carboxylic acids is 1. The molecule has 1 fully saturated rings. The summed E-state index contributed by atoms with van der Waals surface area (Å²) in [4.78, 5) is 14.7. The van der Waals surface area contributed by atoms with Crippen LogP contribution in [0.1, 0.15) is 36.9 Å². The van der Waals surface area contributed by atoms with Gasteiger partial charge in [-0.1, -0.05) is 35.9 Å². The van der Waals surface area contributed by atoms with E-state index in [2.05, 4.69) is 5.32 Å². The summed E-state index contributed by atoms with van der Waals surface area (Å²) in [7, 11) is 0. The zero-order valence-electron chi connectivity index (χ0n) is 16.0. The summed E-state index contributed by atoms with van der Waals surface area (Å²) in [6.45, 7) is 4.09. The number of amides is 1. The van der Waals surface area contributed by atoms with Gasteiger partial charge in [0, 0.05) is 24.7 Å². The van der Waals surface area contributed by atoms with Crippen LogP contribution >= 0.6 is 11.6 Å². The van der Waals surface area contributed by atoms with Gasteiger partial charge in [0.05, 0.1) is 18.7 Å². The average molecular weight is 405 g/mol. The minimum Gasteiger partial charge on any atom is -0.377 e. The molecule has 3 rings (SSSR count). The highest BCUT2D eigenvalue weighted by Crippen LogP contribution is 2.17. The monoisotopic (exact) mass is 404 g/mol. The predicted molar refractivity (Wildman–Crippen MR) is 109 cm³/mol. The second kappa shape index (κ2) is 10.0. The van der Waals surface area contributed by atoms with Crippen molar-refractivity contribution >= 4 is 17.5 Å². The van der Waals surface area contributed by atoms with Gasteiger partial charge in [0.2, 0.25) is 5.91 Å². The first kappa shape index (κ1) is 20.8. The molecule has 28 heavy (non-hydrogen) atoms. The molecule has 4 nitrogen and oxygen atoms in total. The number of ether oxygens (including phenoxy) is 1. The Hall–Kier alpha value is -1.95. The van der Waals surface area contributed by atoms with Gasteiger partial charge in [0.1, 0.15) is 5.82 Å². The van der Waals surface area contributed by atoms with Gasteiger partial charge in [0.15, 0.2) is 0 Å². The number of nitrogens with one attached hydrogen (secondary N) is 1. The molecule has 6 heteroatoms. The molecule has 2 unspecified atom stereocenters. The lowest BCUT2D eigenvalue weighted by Gasteiger charge is -2.25. The van der Waals surface area contributed by atoms with Gasteiger partial charge < -0.3 is 10.1 Å². The van der Waals surface area contributed by atoms with Gasteiger partial charge in [-0.25, -0.2) is 4.39 Å². The van der Waals surface area contributed by atoms with Crippen LogP contribution in [0.25, 0.3) is 0 Å². The van der Waals surface area contributed by atoms with Crippen molar-refractivity contribution in [3.05, 3.63) is 70.5 Å². The summed E-state index contributed by atoms with van der Waals surface area (Å²) in [5.41, 5.74) is 1.84. The van der Waals surface area contributed by atoms with E-state index in [1.807, 2.05) is 42.2 Å². The quantitative estimate of drug-likeness (QED) is 0.711. The largest absolute Gasteiger partial charge is 0.377 e. The normalized spacial score (nSPS) is 17.6. The van der Waals surface area contributed by atoms with Gasteiger partial charge in [-0.15, -0.1) is 0 Å². The summed E-state index contributed by atoms with van der Waals surface area (Å²) in [5, 5.41) is 3.70. The molecule has 1 aliphatic heterocycles. The molecule has 0 bridgehead atoms. The zero-order valence-corrected chi connectivity index (χ0v) is 16.8. The number of rotatable bonds is 8. The van der Waals surface area contributed by atoms with Gasteiger partial charge in [0.25, 0.3) is 0 Å². The number of hydrogen-bond acceptors (Lipinski definition) is 3. The number of benzene rings is 2. The molecular formula is C22H26ClFN2O2. The van der Waals surface area contributed by atoms with Gasteiger partial charge in [-0.3, -0.25) is 9.69 Å².